The number of imidazole rings is 1. The van der Waals surface area contributed by atoms with Gasteiger partial charge < -0.3 is 15.0 Å². The molecular weight excluding hydrogens is 250 g/mol. The first-order valence-electron chi connectivity index (χ1n) is 5.98. The zero-order chi connectivity index (χ0) is 13.3. The van der Waals surface area contributed by atoms with E-state index in [1.165, 1.54) is 0 Å². The molecule has 0 atom stereocenters. The van der Waals surface area contributed by atoms with E-state index in [0.29, 0.717) is 24.1 Å². The van der Waals surface area contributed by atoms with E-state index in [9.17, 15) is 0 Å². The van der Waals surface area contributed by atoms with Crippen LogP contribution in [0.3, 0.4) is 0 Å². The number of fused-ring (bicyclic) bond motifs is 1. The van der Waals surface area contributed by atoms with Gasteiger partial charge in [-0.2, -0.15) is 0 Å². The molecule has 0 aliphatic rings. The Morgan fingerprint density at radius 2 is 2.17 bits per heavy atom. The summed E-state index contributed by atoms with van der Waals surface area (Å²) in [6, 6.07) is 5.59. The van der Waals surface area contributed by atoms with E-state index in [-0.39, 0.29) is 5.60 Å². The minimum absolute atomic E-state index is 0.282. The second-order valence-electron chi connectivity index (χ2n) is 4.88. The van der Waals surface area contributed by atoms with E-state index in [1.54, 1.807) is 0 Å². The van der Waals surface area contributed by atoms with Crippen LogP contribution in [-0.2, 0) is 11.3 Å². The summed E-state index contributed by atoms with van der Waals surface area (Å²) in [5, 5.41) is 0.663. The highest BCUT2D eigenvalue weighted by Crippen LogP contribution is 2.24. The van der Waals surface area contributed by atoms with Gasteiger partial charge >= 0.3 is 0 Å². The van der Waals surface area contributed by atoms with Crippen LogP contribution in [0.1, 0.15) is 20.8 Å². The topological polar surface area (TPSA) is 53.1 Å². The van der Waals surface area contributed by atoms with Crippen LogP contribution >= 0.6 is 11.6 Å². The average molecular weight is 268 g/mol. The van der Waals surface area contributed by atoms with Gasteiger partial charge in [0.05, 0.1) is 23.2 Å². The maximum Gasteiger partial charge on any atom is 0.201 e. The smallest absolute Gasteiger partial charge is 0.201 e. The molecule has 2 aromatic rings. The number of anilines is 1. The number of nitrogens with zero attached hydrogens (tertiary/aromatic N) is 2. The van der Waals surface area contributed by atoms with E-state index in [1.807, 2.05) is 43.5 Å². The molecule has 2 rings (SSSR count). The molecule has 5 heteroatoms. The third-order valence-corrected chi connectivity index (χ3v) is 3.05. The maximum absolute atomic E-state index is 5.96. The molecule has 0 amide bonds. The number of rotatable bonds is 4. The zero-order valence-corrected chi connectivity index (χ0v) is 11.7. The van der Waals surface area contributed by atoms with E-state index >= 15 is 0 Å². The lowest BCUT2D eigenvalue weighted by Gasteiger charge is -2.25. The number of hydrogen-bond donors (Lipinski definition) is 1. The monoisotopic (exact) mass is 267 g/mol. The molecule has 0 radical (unpaired) electrons. The summed E-state index contributed by atoms with van der Waals surface area (Å²) >= 11 is 5.95. The summed E-state index contributed by atoms with van der Waals surface area (Å²) in [7, 11) is 0. The van der Waals surface area contributed by atoms with Crippen molar-refractivity contribution < 1.29 is 4.74 Å². The molecule has 4 nitrogen and oxygen atoms in total. The first-order valence-corrected chi connectivity index (χ1v) is 6.36. The third kappa shape index (κ3) is 2.60. The Labute approximate surface area is 112 Å². The van der Waals surface area contributed by atoms with Gasteiger partial charge in [0.1, 0.15) is 0 Å². The van der Waals surface area contributed by atoms with Gasteiger partial charge in [0.15, 0.2) is 0 Å². The van der Waals surface area contributed by atoms with Crippen LogP contribution < -0.4 is 5.73 Å². The van der Waals surface area contributed by atoms with Crippen molar-refractivity contribution in [2.45, 2.75) is 32.9 Å². The standard InChI is InChI=1S/C13H18ClN3O/c1-4-18-13(2,3)8-17-11-6-5-9(14)7-10(11)16-12(17)15/h5-7H,4,8H2,1-3H3,(H2,15,16). The summed E-state index contributed by atoms with van der Waals surface area (Å²) in [4.78, 5) is 4.32. The van der Waals surface area contributed by atoms with Gasteiger partial charge in [0.25, 0.3) is 0 Å². The van der Waals surface area contributed by atoms with Crippen LogP contribution in [0.15, 0.2) is 18.2 Å². The molecule has 2 N–H and O–H groups in total. The first-order chi connectivity index (χ1) is 8.43. The average Bonchev–Trinajstić information content (AvgIpc) is 2.54. The Balaban J connectivity index is 2.41. The fourth-order valence-electron chi connectivity index (χ4n) is 2.10. The van der Waals surface area contributed by atoms with Crippen LogP contribution in [0.4, 0.5) is 5.95 Å². The van der Waals surface area contributed by atoms with Gasteiger partial charge in [0.2, 0.25) is 5.95 Å². The summed E-state index contributed by atoms with van der Waals surface area (Å²) < 4.78 is 7.66. The predicted octanol–water partition coefficient (Wildman–Crippen LogP) is 3.09. The molecule has 98 valence electrons. The van der Waals surface area contributed by atoms with Crippen molar-refractivity contribution in [2.75, 3.05) is 12.3 Å². The molecule has 0 unspecified atom stereocenters. The van der Waals surface area contributed by atoms with Crippen molar-refractivity contribution >= 4 is 28.6 Å². The molecule has 1 heterocycles. The largest absolute Gasteiger partial charge is 0.374 e. The lowest BCUT2D eigenvalue weighted by atomic mass is 10.1. The Morgan fingerprint density at radius 1 is 1.44 bits per heavy atom. The number of halogens is 1. The Morgan fingerprint density at radius 3 is 2.83 bits per heavy atom. The summed E-state index contributed by atoms with van der Waals surface area (Å²) in [5.74, 6) is 0.486. The number of aromatic nitrogens is 2. The van der Waals surface area contributed by atoms with E-state index in [4.69, 9.17) is 22.1 Å². The van der Waals surface area contributed by atoms with Crippen LogP contribution in [0, 0.1) is 0 Å². The quantitative estimate of drug-likeness (QED) is 0.926. The SMILES string of the molecule is CCOC(C)(C)Cn1c(N)nc2cc(Cl)ccc21. The van der Waals surface area contributed by atoms with Gasteiger partial charge in [-0.05, 0) is 39.0 Å². The van der Waals surface area contributed by atoms with Gasteiger partial charge in [0, 0.05) is 11.6 Å². The maximum atomic E-state index is 5.96. The normalized spacial score (nSPS) is 12.2. The molecule has 1 aromatic heterocycles. The second-order valence-corrected chi connectivity index (χ2v) is 5.32. The fraction of sp³-hybridized carbons (Fsp3) is 0.462. The zero-order valence-electron chi connectivity index (χ0n) is 10.9. The number of benzene rings is 1. The Hall–Kier alpha value is -1.26. The van der Waals surface area contributed by atoms with Crippen LogP contribution in [0.2, 0.25) is 5.02 Å². The summed E-state index contributed by atoms with van der Waals surface area (Å²) in [6.45, 7) is 7.39. The number of nitrogen functional groups attached to an aromatic ring is 1. The van der Waals surface area contributed by atoms with E-state index in [2.05, 4.69) is 4.98 Å². The predicted molar refractivity (Wildman–Crippen MR) is 74.9 cm³/mol. The minimum Gasteiger partial charge on any atom is -0.374 e. The number of hydrogen-bond acceptors (Lipinski definition) is 3. The molecular formula is C13H18ClN3O. The third-order valence-electron chi connectivity index (χ3n) is 2.81. The Bertz CT molecular complexity index is 563. The second kappa shape index (κ2) is 4.78. The molecule has 0 fully saturated rings. The van der Waals surface area contributed by atoms with Crippen molar-refractivity contribution in [3.63, 3.8) is 0 Å². The molecule has 0 bridgehead atoms. The van der Waals surface area contributed by atoms with Crippen molar-refractivity contribution in [3.8, 4) is 0 Å². The van der Waals surface area contributed by atoms with Gasteiger partial charge in [-0.1, -0.05) is 11.6 Å². The van der Waals surface area contributed by atoms with Gasteiger partial charge in [-0.15, -0.1) is 0 Å². The molecule has 0 spiro atoms. The highest BCUT2D eigenvalue weighted by molar-refractivity contribution is 6.31. The van der Waals surface area contributed by atoms with Crippen LogP contribution in [0.5, 0.6) is 0 Å². The molecule has 0 saturated carbocycles. The molecule has 0 saturated heterocycles. The molecule has 1 aromatic carbocycles. The molecule has 0 aliphatic carbocycles. The first kappa shape index (κ1) is 13.2. The fourth-order valence-corrected chi connectivity index (χ4v) is 2.27. The van der Waals surface area contributed by atoms with E-state index < -0.39 is 0 Å². The van der Waals surface area contributed by atoms with Crippen molar-refractivity contribution in [2.24, 2.45) is 0 Å². The van der Waals surface area contributed by atoms with Gasteiger partial charge in [-0.25, -0.2) is 4.98 Å². The Kier molecular flexibility index (Phi) is 3.50. The minimum atomic E-state index is -0.282. The number of nitrogens with two attached hydrogens (primary N) is 1. The van der Waals surface area contributed by atoms with Crippen molar-refractivity contribution in [3.05, 3.63) is 23.2 Å². The van der Waals surface area contributed by atoms with Crippen molar-refractivity contribution in [1.29, 1.82) is 0 Å². The highest BCUT2D eigenvalue weighted by atomic mass is 35.5. The lowest BCUT2D eigenvalue weighted by Crippen LogP contribution is -2.31. The van der Waals surface area contributed by atoms with Crippen LogP contribution in [-0.4, -0.2) is 21.8 Å². The molecule has 18 heavy (non-hydrogen) atoms. The lowest BCUT2D eigenvalue weighted by molar-refractivity contribution is -0.0212. The summed E-state index contributed by atoms with van der Waals surface area (Å²) in [6.07, 6.45) is 0. The number of ether oxygens (including phenoxy) is 1. The molecule has 0 aliphatic heterocycles. The summed E-state index contributed by atoms with van der Waals surface area (Å²) in [5.41, 5.74) is 7.47. The van der Waals surface area contributed by atoms with E-state index in [0.717, 1.165) is 11.0 Å². The van der Waals surface area contributed by atoms with Crippen LogP contribution in [0.25, 0.3) is 11.0 Å². The van der Waals surface area contributed by atoms with Crippen molar-refractivity contribution in [1.82, 2.24) is 9.55 Å². The van der Waals surface area contributed by atoms with Gasteiger partial charge in [-0.3, -0.25) is 0 Å². The highest BCUT2D eigenvalue weighted by Gasteiger charge is 2.21.